The molecule has 0 aromatic carbocycles. The Labute approximate surface area is 180 Å². The predicted octanol–water partition coefficient (Wildman–Crippen LogP) is 4.12. The second-order valence-corrected chi connectivity index (χ2v) is 10.1. The number of hydrogen-bond acceptors (Lipinski definition) is 5. The van der Waals surface area contributed by atoms with E-state index in [0.717, 1.165) is 75.8 Å². The number of piperidine rings is 1. The number of rotatable bonds is 3. The Morgan fingerprint density at radius 2 is 1.73 bits per heavy atom. The van der Waals surface area contributed by atoms with Crippen molar-refractivity contribution in [2.75, 3.05) is 19.8 Å². The molecule has 0 atom stereocenters. The van der Waals surface area contributed by atoms with Crippen molar-refractivity contribution in [3.8, 4) is 0 Å². The van der Waals surface area contributed by atoms with Crippen molar-refractivity contribution in [2.24, 2.45) is 5.92 Å². The number of likely N-dealkylation sites (tertiary alicyclic amines) is 1. The van der Waals surface area contributed by atoms with Gasteiger partial charge < -0.3 is 19.3 Å². The normalized spacial score (nSPS) is 27.4. The van der Waals surface area contributed by atoms with E-state index in [2.05, 4.69) is 4.90 Å². The molecule has 2 aliphatic heterocycles. The van der Waals surface area contributed by atoms with Crippen LogP contribution in [0.15, 0.2) is 23.1 Å². The SMILES string of the molecule is CC(C)(C)OC(=O)C1CCC(N2COC3=C2CCC(C(=O)N2CCCCC2)=C3)CC1. The summed E-state index contributed by atoms with van der Waals surface area (Å²) in [6, 6.07) is 0.406. The fraction of sp³-hybridized carbons (Fsp3) is 0.750. The molecule has 2 fully saturated rings. The van der Waals surface area contributed by atoms with E-state index < -0.39 is 5.60 Å². The second-order valence-electron chi connectivity index (χ2n) is 10.1. The number of allylic oxidation sites excluding steroid dienone is 2. The zero-order chi connectivity index (χ0) is 21.3. The Bertz CT molecular complexity index is 735. The highest BCUT2D eigenvalue weighted by molar-refractivity contribution is 5.94. The van der Waals surface area contributed by atoms with Crippen LogP contribution in [0.5, 0.6) is 0 Å². The maximum absolute atomic E-state index is 12.8. The van der Waals surface area contributed by atoms with Crippen LogP contribution in [0, 0.1) is 5.92 Å². The monoisotopic (exact) mass is 416 g/mol. The molecule has 1 saturated heterocycles. The van der Waals surface area contributed by atoms with E-state index in [-0.39, 0.29) is 17.8 Å². The number of esters is 1. The molecule has 4 aliphatic rings. The zero-order valence-corrected chi connectivity index (χ0v) is 18.7. The Balaban J connectivity index is 1.35. The molecular weight excluding hydrogens is 380 g/mol. The molecule has 0 bridgehead atoms. The summed E-state index contributed by atoms with van der Waals surface area (Å²) in [5.74, 6) is 1.04. The second kappa shape index (κ2) is 8.64. The maximum atomic E-state index is 12.8. The van der Waals surface area contributed by atoms with E-state index in [1.807, 2.05) is 31.7 Å². The van der Waals surface area contributed by atoms with Crippen molar-refractivity contribution >= 4 is 11.9 Å². The van der Waals surface area contributed by atoms with E-state index in [1.54, 1.807) is 0 Å². The van der Waals surface area contributed by atoms with Gasteiger partial charge in [-0.3, -0.25) is 9.59 Å². The molecule has 0 aromatic rings. The quantitative estimate of drug-likeness (QED) is 0.648. The van der Waals surface area contributed by atoms with Crippen LogP contribution < -0.4 is 0 Å². The van der Waals surface area contributed by atoms with Gasteiger partial charge in [0.1, 0.15) is 11.4 Å². The summed E-state index contributed by atoms with van der Waals surface area (Å²) in [5.41, 5.74) is 1.71. The van der Waals surface area contributed by atoms with Gasteiger partial charge in [0, 0.05) is 24.7 Å². The number of carbonyl (C=O) groups excluding carboxylic acids is 2. The lowest BCUT2D eigenvalue weighted by atomic mass is 9.84. The summed E-state index contributed by atoms with van der Waals surface area (Å²) >= 11 is 0. The fourth-order valence-corrected chi connectivity index (χ4v) is 5.12. The summed E-state index contributed by atoms with van der Waals surface area (Å²) < 4.78 is 11.6. The minimum absolute atomic E-state index is 0.0115. The van der Waals surface area contributed by atoms with Crippen LogP contribution in [0.1, 0.15) is 78.6 Å². The van der Waals surface area contributed by atoms with Crippen molar-refractivity contribution in [2.45, 2.75) is 90.2 Å². The van der Waals surface area contributed by atoms with Crippen LogP contribution in [-0.2, 0) is 19.1 Å². The summed E-state index contributed by atoms with van der Waals surface area (Å²) in [5, 5.41) is 0. The van der Waals surface area contributed by atoms with Gasteiger partial charge in [0.05, 0.1) is 11.6 Å². The first-order valence-corrected chi connectivity index (χ1v) is 11.7. The molecule has 0 unspecified atom stereocenters. The van der Waals surface area contributed by atoms with Gasteiger partial charge in [-0.1, -0.05) is 0 Å². The molecule has 30 heavy (non-hydrogen) atoms. The maximum Gasteiger partial charge on any atom is 0.309 e. The third-order valence-electron chi connectivity index (χ3n) is 6.72. The molecule has 0 spiro atoms. The minimum atomic E-state index is -0.422. The highest BCUT2D eigenvalue weighted by Crippen LogP contribution is 2.38. The molecule has 6 heteroatoms. The molecule has 2 heterocycles. The van der Waals surface area contributed by atoms with Crippen LogP contribution in [0.3, 0.4) is 0 Å². The van der Waals surface area contributed by atoms with Crippen molar-refractivity contribution in [1.82, 2.24) is 9.80 Å². The van der Waals surface area contributed by atoms with Crippen LogP contribution >= 0.6 is 0 Å². The molecule has 166 valence electrons. The Morgan fingerprint density at radius 3 is 2.40 bits per heavy atom. The number of carbonyl (C=O) groups is 2. The zero-order valence-electron chi connectivity index (χ0n) is 18.7. The molecule has 6 nitrogen and oxygen atoms in total. The first-order valence-electron chi connectivity index (χ1n) is 11.7. The predicted molar refractivity (Wildman–Crippen MR) is 114 cm³/mol. The Hall–Kier alpha value is -1.98. The van der Waals surface area contributed by atoms with Gasteiger partial charge in [-0.25, -0.2) is 0 Å². The molecule has 4 rings (SSSR count). The van der Waals surface area contributed by atoms with Crippen LogP contribution in [0.2, 0.25) is 0 Å². The number of ether oxygens (including phenoxy) is 2. The van der Waals surface area contributed by atoms with Gasteiger partial charge in [-0.2, -0.15) is 0 Å². The third-order valence-corrected chi connectivity index (χ3v) is 6.72. The number of nitrogens with zero attached hydrogens (tertiary/aromatic N) is 2. The number of hydrogen-bond donors (Lipinski definition) is 0. The average molecular weight is 417 g/mol. The first kappa shape index (κ1) is 21.3. The Morgan fingerprint density at radius 1 is 1.03 bits per heavy atom. The topological polar surface area (TPSA) is 59.1 Å². The molecule has 0 radical (unpaired) electrons. The lowest BCUT2D eigenvalue weighted by Crippen LogP contribution is -2.39. The minimum Gasteiger partial charge on any atom is -0.471 e. The van der Waals surface area contributed by atoms with E-state index in [4.69, 9.17) is 9.47 Å². The highest BCUT2D eigenvalue weighted by Gasteiger charge is 2.37. The summed E-state index contributed by atoms with van der Waals surface area (Å²) in [6.45, 7) is 8.10. The molecule has 0 N–H and O–H groups in total. The van der Waals surface area contributed by atoms with Crippen molar-refractivity contribution in [1.29, 1.82) is 0 Å². The van der Waals surface area contributed by atoms with E-state index in [9.17, 15) is 9.59 Å². The summed E-state index contributed by atoms with van der Waals surface area (Å²) in [7, 11) is 0. The molecule has 0 aromatic heterocycles. The van der Waals surface area contributed by atoms with Crippen LogP contribution in [0.25, 0.3) is 0 Å². The summed E-state index contributed by atoms with van der Waals surface area (Å²) in [4.78, 5) is 29.6. The van der Waals surface area contributed by atoms with Gasteiger partial charge >= 0.3 is 5.97 Å². The standard InChI is InChI=1S/C24H36N2O4/c1-24(2,3)30-23(28)17-7-10-19(11-8-17)26-16-29-21-15-18(9-12-20(21)26)22(27)25-13-5-4-6-14-25/h15,17,19H,4-14,16H2,1-3H3. The van der Waals surface area contributed by atoms with Crippen molar-refractivity contribution < 1.29 is 19.1 Å². The Kier molecular flexibility index (Phi) is 6.12. The van der Waals surface area contributed by atoms with Crippen LogP contribution in [0.4, 0.5) is 0 Å². The van der Waals surface area contributed by atoms with Gasteiger partial charge in [0.15, 0.2) is 6.73 Å². The van der Waals surface area contributed by atoms with Crippen LogP contribution in [-0.4, -0.2) is 53.1 Å². The van der Waals surface area contributed by atoms with Gasteiger partial charge in [-0.05, 0) is 84.6 Å². The molecular formula is C24H36N2O4. The molecule has 1 saturated carbocycles. The molecule has 1 amide bonds. The van der Waals surface area contributed by atoms with Crippen molar-refractivity contribution in [3.63, 3.8) is 0 Å². The smallest absolute Gasteiger partial charge is 0.309 e. The van der Waals surface area contributed by atoms with Gasteiger partial charge in [0.2, 0.25) is 5.91 Å². The molecule has 2 aliphatic carbocycles. The highest BCUT2D eigenvalue weighted by atomic mass is 16.6. The first-order chi connectivity index (χ1) is 14.3. The van der Waals surface area contributed by atoms with Gasteiger partial charge in [0.25, 0.3) is 0 Å². The average Bonchev–Trinajstić information content (AvgIpc) is 3.16. The van der Waals surface area contributed by atoms with Crippen molar-refractivity contribution in [3.05, 3.63) is 23.1 Å². The summed E-state index contributed by atoms with van der Waals surface area (Å²) in [6.07, 6.45) is 10.8. The van der Waals surface area contributed by atoms with E-state index in [1.165, 1.54) is 12.1 Å². The van der Waals surface area contributed by atoms with E-state index >= 15 is 0 Å². The van der Waals surface area contributed by atoms with Gasteiger partial charge in [-0.15, -0.1) is 0 Å². The lowest BCUT2D eigenvalue weighted by molar-refractivity contribution is -0.161. The fourth-order valence-electron chi connectivity index (χ4n) is 5.12. The van der Waals surface area contributed by atoms with E-state index in [0.29, 0.717) is 12.8 Å². The lowest BCUT2D eigenvalue weighted by Gasteiger charge is -2.36. The largest absolute Gasteiger partial charge is 0.471 e. The number of amides is 1. The third kappa shape index (κ3) is 4.68.